The number of carbonyl (C=O) groups is 2. The highest BCUT2D eigenvalue weighted by Gasteiger charge is 2.20. The van der Waals surface area contributed by atoms with Gasteiger partial charge in [0.05, 0.1) is 29.1 Å². The van der Waals surface area contributed by atoms with Crippen LogP contribution >= 0.6 is 0 Å². The molecule has 4 rings (SSSR count). The van der Waals surface area contributed by atoms with Gasteiger partial charge in [-0.3, -0.25) is 9.59 Å². The Morgan fingerprint density at radius 2 is 2.00 bits per heavy atom. The Labute approximate surface area is 166 Å². The molecule has 0 aliphatic heterocycles. The number of primary amides is 1. The van der Waals surface area contributed by atoms with Crippen LogP contribution in [0.15, 0.2) is 65.4 Å². The number of nitrogens with two attached hydrogens (primary N) is 1. The molecule has 0 aliphatic rings. The third-order valence-corrected chi connectivity index (χ3v) is 4.58. The van der Waals surface area contributed by atoms with Crippen molar-refractivity contribution in [3.8, 4) is 11.3 Å². The summed E-state index contributed by atoms with van der Waals surface area (Å²) in [5.41, 5.74) is 7.67. The van der Waals surface area contributed by atoms with Crippen LogP contribution in [0.1, 0.15) is 23.0 Å². The van der Waals surface area contributed by atoms with E-state index in [1.807, 2.05) is 36.4 Å². The van der Waals surface area contributed by atoms with Gasteiger partial charge < -0.3 is 15.5 Å². The normalized spacial score (nSPS) is 12.0. The number of pyridine rings is 1. The van der Waals surface area contributed by atoms with Gasteiger partial charge in [0.2, 0.25) is 5.91 Å². The standard InChI is InChI=1S/C21H19N5O3/c1-13(19(22)27)24-21(28)16-10-18(14-6-3-2-4-7-14)25-20-17(16)11-23-26(20)12-15-8-5-9-29-15/h2-11,13H,12H2,1H3,(H2,22,27)(H,24,28). The fourth-order valence-corrected chi connectivity index (χ4v) is 3.00. The Balaban J connectivity index is 1.83. The monoisotopic (exact) mass is 389 g/mol. The van der Waals surface area contributed by atoms with Gasteiger partial charge in [-0.25, -0.2) is 9.67 Å². The van der Waals surface area contributed by atoms with E-state index in [1.54, 1.807) is 29.3 Å². The zero-order valence-corrected chi connectivity index (χ0v) is 15.7. The van der Waals surface area contributed by atoms with Crippen molar-refractivity contribution in [3.05, 3.63) is 72.3 Å². The summed E-state index contributed by atoms with van der Waals surface area (Å²) in [7, 11) is 0. The average Bonchev–Trinajstić information content (AvgIpc) is 3.38. The van der Waals surface area contributed by atoms with Gasteiger partial charge in [-0.05, 0) is 25.1 Å². The minimum atomic E-state index is -0.802. The van der Waals surface area contributed by atoms with E-state index in [4.69, 9.17) is 15.1 Å². The number of furan rings is 1. The van der Waals surface area contributed by atoms with Crippen LogP contribution in [0.2, 0.25) is 0 Å². The molecule has 3 heterocycles. The zero-order valence-electron chi connectivity index (χ0n) is 15.7. The first kappa shape index (κ1) is 18.4. The summed E-state index contributed by atoms with van der Waals surface area (Å²) in [5, 5.41) is 7.58. The largest absolute Gasteiger partial charge is 0.467 e. The molecule has 0 saturated heterocycles. The fourth-order valence-electron chi connectivity index (χ4n) is 3.00. The maximum atomic E-state index is 12.9. The first-order valence-corrected chi connectivity index (χ1v) is 9.07. The van der Waals surface area contributed by atoms with E-state index >= 15 is 0 Å². The molecule has 0 spiro atoms. The predicted octanol–water partition coefficient (Wildman–Crippen LogP) is 2.34. The summed E-state index contributed by atoms with van der Waals surface area (Å²) in [4.78, 5) is 29.0. The molecule has 1 unspecified atom stereocenters. The highest BCUT2D eigenvalue weighted by molar-refractivity contribution is 6.07. The number of fused-ring (bicyclic) bond motifs is 1. The van der Waals surface area contributed by atoms with Crippen LogP contribution in [0.3, 0.4) is 0 Å². The number of carbonyl (C=O) groups excluding carboxylic acids is 2. The molecule has 29 heavy (non-hydrogen) atoms. The van der Waals surface area contributed by atoms with Crippen molar-refractivity contribution in [1.29, 1.82) is 0 Å². The molecule has 0 aliphatic carbocycles. The van der Waals surface area contributed by atoms with Crippen molar-refractivity contribution in [1.82, 2.24) is 20.1 Å². The SMILES string of the molecule is CC(NC(=O)c1cc(-c2ccccc2)nc2c1cnn2Cc1ccco1)C(N)=O. The summed E-state index contributed by atoms with van der Waals surface area (Å²) >= 11 is 0. The van der Waals surface area contributed by atoms with Crippen LogP contribution in [-0.4, -0.2) is 32.6 Å². The number of hydrogen-bond donors (Lipinski definition) is 2. The number of benzene rings is 1. The van der Waals surface area contributed by atoms with Gasteiger partial charge in [0.15, 0.2) is 5.65 Å². The molecule has 0 fully saturated rings. The molecule has 2 amide bonds. The lowest BCUT2D eigenvalue weighted by atomic mass is 10.1. The summed E-state index contributed by atoms with van der Waals surface area (Å²) in [6.45, 7) is 1.91. The van der Waals surface area contributed by atoms with Crippen LogP contribution in [0, 0.1) is 0 Å². The van der Waals surface area contributed by atoms with Gasteiger partial charge in [0.1, 0.15) is 18.3 Å². The predicted molar refractivity (Wildman–Crippen MR) is 107 cm³/mol. The van der Waals surface area contributed by atoms with Crippen molar-refractivity contribution in [2.75, 3.05) is 0 Å². The molecule has 0 radical (unpaired) electrons. The van der Waals surface area contributed by atoms with Crippen LogP contribution in [0.25, 0.3) is 22.3 Å². The second kappa shape index (κ2) is 7.59. The van der Waals surface area contributed by atoms with Crippen molar-refractivity contribution in [2.45, 2.75) is 19.5 Å². The van der Waals surface area contributed by atoms with Gasteiger partial charge >= 0.3 is 0 Å². The highest BCUT2D eigenvalue weighted by atomic mass is 16.3. The number of amides is 2. The molecular formula is C21H19N5O3. The number of rotatable bonds is 6. The quantitative estimate of drug-likeness (QED) is 0.525. The molecule has 0 bridgehead atoms. The van der Waals surface area contributed by atoms with Gasteiger partial charge in [-0.15, -0.1) is 0 Å². The molecule has 3 aromatic heterocycles. The third-order valence-electron chi connectivity index (χ3n) is 4.58. The Morgan fingerprint density at radius 1 is 1.21 bits per heavy atom. The second-order valence-corrected chi connectivity index (χ2v) is 6.64. The Morgan fingerprint density at radius 3 is 2.69 bits per heavy atom. The molecule has 1 aromatic carbocycles. The molecule has 4 aromatic rings. The van der Waals surface area contributed by atoms with Crippen molar-refractivity contribution in [2.24, 2.45) is 5.73 Å². The van der Waals surface area contributed by atoms with Gasteiger partial charge in [-0.2, -0.15) is 5.10 Å². The average molecular weight is 389 g/mol. The fraction of sp³-hybridized carbons (Fsp3) is 0.143. The number of nitrogens with one attached hydrogen (secondary N) is 1. The summed E-state index contributed by atoms with van der Waals surface area (Å²) in [6.07, 6.45) is 3.18. The molecular weight excluding hydrogens is 370 g/mol. The number of aromatic nitrogens is 3. The Hall–Kier alpha value is -3.94. The van der Waals surface area contributed by atoms with E-state index in [-0.39, 0.29) is 0 Å². The lowest BCUT2D eigenvalue weighted by Crippen LogP contribution is -2.42. The lowest BCUT2D eigenvalue weighted by Gasteiger charge is -2.12. The molecule has 8 nitrogen and oxygen atoms in total. The van der Waals surface area contributed by atoms with Crippen LogP contribution in [0.4, 0.5) is 0 Å². The van der Waals surface area contributed by atoms with Crippen LogP contribution < -0.4 is 11.1 Å². The number of hydrogen-bond acceptors (Lipinski definition) is 5. The molecule has 8 heteroatoms. The van der Waals surface area contributed by atoms with Crippen LogP contribution in [0.5, 0.6) is 0 Å². The van der Waals surface area contributed by atoms with Gasteiger partial charge in [0, 0.05) is 5.56 Å². The topological polar surface area (TPSA) is 116 Å². The third kappa shape index (κ3) is 3.73. The maximum absolute atomic E-state index is 12.9. The van der Waals surface area contributed by atoms with Gasteiger partial charge in [-0.1, -0.05) is 30.3 Å². The minimum Gasteiger partial charge on any atom is -0.467 e. The van der Waals surface area contributed by atoms with E-state index in [1.165, 1.54) is 6.92 Å². The van der Waals surface area contributed by atoms with Crippen molar-refractivity contribution >= 4 is 22.8 Å². The van der Waals surface area contributed by atoms with E-state index in [0.717, 1.165) is 11.3 Å². The van der Waals surface area contributed by atoms with E-state index in [9.17, 15) is 9.59 Å². The first-order chi connectivity index (χ1) is 14.0. The Bertz CT molecular complexity index is 1170. The molecule has 146 valence electrons. The molecule has 0 saturated carbocycles. The molecule has 1 atom stereocenters. The highest BCUT2D eigenvalue weighted by Crippen LogP contribution is 2.25. The van der Waals surface area contributed by atoms with Crippen LogP contribution in [-0.2, 0) is 11.3 Å². The summed E-state index contributed by atoms with van der Waals surface area (Å²) in [5.74, 6) is -0.311. The first-order valence-electron chi connectivity index (χ1n) is 9.07. The summed E-state index contributed by atoms with van der Waals surface area (Å²) < 4.78 is 7.08. The van der Waals surface area contributed by atoms with E-state index < -0.39 is 17.9 Å². The van der Waals surface area contributed by atoms with Gasteiger partial charge in [0.25, 0.3) is 5.91 Å². The Kier molecular flexibility index (Phi) is 4.82. The smallest absolute Gasteiger partial charge is 0.252 e. The van der Waals surface area contributed by atoms with E-state index in [0.29, 0.717) is 28.8 Å². The van der Waals surface area contributed by atoms with Crippen molar-refractivity contribution < 1.29 is 14.0 Å². The van der Waals surface area contributed by atoms with Crippen molar-refractivity contribution in [3.63, 3.8) is 0 Å². The lowest BCUT2D eigenvalue weighted by molar-refractivity contribution is -0.119. The maximum Gasteiger partial charge on any atom is 0.252 e. The zero-order chi connectivity index (χ0) is 20.4. The minimum absolute atomic E-state index is 0.368. The molecule has 3 N–H and O–H groups in total. The summed E-state index contributed by atoms with van der Waals surface area (Å²) in [6, 6.07) is 14.1. The van der Waals surface area contributed by atoms with E-state index in [2.05, 4.69) is 10.4 Å². The second-order valence-electron chi connectivity index (χ2n) is 6.64. The number of nitrogens with zero attached hydrogens (tertiary/aromatic N) is 3.